The Morgan fingerprint density at radius 1 is 1.32 bits per heavy atom. The van der Waals surface area contributed by atoms with Gasteiger partial charge in [0, 0.05) is 25.1 Å². The van der Waals surface area contributed by atoms with Crippen LogP contribution in [0.25, 0.3) is 0 Å². The van der Waals surface area contributed by atoms with Crippen LogP contribution >= 0.6 is 11.6 Å². The quantitative estimate of drug-likeness (QED) is 0.804. The van der Waals surface area contributed by atoms with Crippen LogP contribution in [-0.4, -0.2) is 31.6 Å². The Morgan fingerprint density at radius 2 is 1.95 bits per heavy atom. The fourth-order valence-corrected chi connectivity index (χ4v) is 4.16. The summed E-state index contributed by atoms with van der Waals surface area (Å²) in [6.07, 6.45) is 2.07. The van der Waals surface area contributed by atoms with Crippen molar-refractivity contribution in [2.24, 2.45) is 0 Å². The molecule has 1 fully saturated rings. The second-order valence-electron chi connectivity index (χ2n) is 4.53. The summed E-state index contributed by atoms with van der Waals surface area (Å²) < 4.78 is 26.3. The molecule has 0 aromatic heterocycles. The Morgan fingerprint density at radius 3 is 2.53 bits per heavy atom. The molecule has 0 radical (unpaired) electrons. The van der Waals surface area contributed by atoms with Gasteiger partial charge in [-0.2, -0.15) is 4.31 Å². The van der Waals surface area contributed by atoms with Gasteiger partial charge in [-0.1, -0.05) is 18.5 Å². The molecule has 1 aromatic carbocycles. The molecule has 1 aliphatic rings. The van der Waals surface area contributed by atoms with Crippen molar-refractivity contribution in [3.63, 3.8) is 0 Å². The van der Waals surface area contributed by atoms with Gasteiger partial charge in [0.2, 0.25) is 10.0 Å². The molecule has 0 atom stereocenters. The minimum absolute atomic E-state index is 0.0374. The Bertz CT molecular complexity index is 592. The SMILES string of the molecule is CCC(=O)c1ccc(Cl)c(S(=O)(=O)N2CCCC2)c1. The van der Waals surface area contributed by atoms with Crippen molar-refractivity contribution in [2.45, 2.75) is 31.1 Å². The van der Waals surface area contributed by atoms with Crippen molar-refractivity contribution >= 4 is 27.4 Å². The van der Waals surface area contributed by atoms with E-state index in [-0.39, 0.29) is 15.7 Å². The van der Waals surface area contributed by atoms with Crippen LogP contribution in [0.15, 0.2) is 23.1 Å². The van der Waals surface area contributed by atoms with Crippen molar-refractivity contribution in [2.75, 3.05) is 13.1 Å². The van der Waals surface area contributed by atoms with Gasteiger partial charge in [-0.25, -0.2) is 8.42 Å². The van der Waals surface area contributed by atoms with E-state index in [1.165, 1.54) is 16.4 Å². The summed E-state index contributed by atoms with van der Waals surface area (Å²) in [7, 11) is -3.58. The highest BCUT2D eigenvalue weighted by Crippen LogP contribution is 2.28. The monoisotopic (exact) mass is 301 g/mol. The van der Waals surface area contributed by atoms with Gasteiger partial charge in [0.05, 0.1) is 5.02 Å². The van der Waals surface area contributed by atoms with Crippen LogP contribution in [0.2, 0.25) is 5.02 Å². The van der Waals surface area contributed by atoms with Gasteiger partial charge in [0.15, 0.2) is 5.78 Å². The van der Waals surface area contributed by atoms with Crippen molar-refractivity contribution in [1.29, 1.82) is 0 Å². The van der Waals surface area contributed by atoms with Crippen molar-refractivity contribution < 1.29 is 13.2 Å². The lowest BCUT2D eigenvalue weighted by Crippen LogP contribution is -2.28. The molecular formula is C13H16ClNO3S. The van der Waals surface area contributed by atoms with Gasteiger partial charge in [-0.15, -0.1) is 0 Å². The molecule has 1 saturated heterocycles. The summed E-state index contributed by atoms with van der Waals surface area (Å²) in [5.41, 5.74) is 0.393. The second kappa shape index (κ2) is 5.61. The van der Waals surface area contributed by atoms with E-state index in [4.69, 9.17) is 11.6 Å². The van der Waals surface area contributed by atoms with Crippen molar-refractivity contribution in [3.8, 4) is 0 Å². The van der Waals surface area contributed by atoms with Gasteiger partial charge in [-0.3, -0.25) is 4.79 Å². The number of hydrogen-bond acceptors (Lipinski definition) is 3. The maximum Gasteiger partial charge on any atom is 0.244 e. The van der Waals surface area contributed by atoms with Gasteiger partial charge in [0.25, 0.3) is 0 Å². The number of hydrogen-bond donors (Lipinski definition) is 0. The summed E-state index contributed by atoms with van der Waals surface area (Å²) in [4.78, 5) is 11.7. The van der Waals surface area contributed by atoms with Crippen LogP contribution in [0.4, 0.5) is 0 Å². The van der Waals surface area contributed by atoms with Crippen LogP contribution in [0.3, 0.4) is 0 Å². The number of rotatable bonds is 4. The summed E-state index contributed by atoms with van der Waals surface area (Å²) in [5, 5.41) is 0.166. The van der Waals surface area contributed by atoms with Gasteiger partial charge in [-0.05, 0) is 31.0 Å². The average Bonchev–Trinajstić information content (AvgIpc) is 2.92. The maximum absolute atomic E-state index is 12.4. The molecule has 19 heavy (non-hydrogen) atoms. The predicted molar refractivity (Wildman–Crippen MR) is 74.1 cm³/mol. The highest BCUT2D eigenvalue weighted by atomic mass is 35.5. The summed E-state index contributed by atoms with van der Waals surface area (Å²) in [5.74, 6) is -0.0884. The first-order valence-electron chi connectivity index (χ1n) is 6.29. The lowest BCUT2D eigenvalue weighted by Gasteiger charge is -2.17. The molecule has 0 spiro atoms. The molecule has 2 rings (SSSR count). The van der Waals surface area contributed by atoms with Crippen molar-refractivity contribution in [3.05, 3.63) is 28.8 Å². The number of halogens is 1. The standard InChI is InChI=1S/C13H16ClNO3S/c1-2-12(16)10-5-6-11(14)13(9-10)19(17,18)15-7-3-4-8-15/h5-6,9H,2-4,7-8H2,1H3. The number of ketones is 1. The lowest BCUT2D eigenvalue weighted by atomic mass is 10.1. The van der Waals surface area contributed by atoms with Crippen LogP contribution in [-0.2, 0) is 10.0 Å². The molecule has 1 heterocycles. The van der Waals surface area contributed by atoms with E-state index in [1.54, 1.807) is 13.0 Å². The van der Waals surface area contributed by atoms with Gasteiger partial charge < -0.3 is 0 Å². The average molecular weight is 302 g/mol. The first-order chi connectivity index (χ1) is 8.96. The molecule has 0 amide bonds. The Labute approximate surface area is 118 Å². The molecule has 1 aromatic rings. The first kappa shape index (κ1) is 14.5. The largest absolute Gasteiger partial charge is 0.294 e. The minimum Gasteiger partial charge on any atom is -0.294 e. The summed E-state index contributed by atoms with van der Waals surface area (Å²) in [6, 6.07) is 4.44. The topological polar surface area (TPSA) is 54.5 Å². The number of nitrogens with zero attached hydrogens (tertiary/aromatic N) is 1. The molecule has 0 saturated carbocycles. The maximum atomic E-state index is 12.4. The molecule has 104 valence electrons. The van der Waals surface area contributed by atoms with E-state index in [0.29, 0.717) is 25.1 Å². The van der Waals surface area contributed by atoms with Gasteiger partial charge >= 0.3 is 0 Å². The third-order valence-corrected chi connectivity index (χ3v) is 5.64. The zero-order chi connectivity index (χ0) is 14.0. The Balaban J connectivity index is 2.46. The smallest absolute Gasteiger partial charge is 0.244 e. The van der Waals surface area contributed by atoms with Crippen LogP contribution < -0.4 is 0 Å². The van der Waals surface area contributed by atoms with Crippen LogP contribution in [0.1, 0.15) is 36.5 Å². The summed E-state index contributed by atoms with van der Waals surface area (Å²) >= 11 is 5.99. The highest BCUT2D eigenvalue weighted by Gasteiger charge is 2.29. The Kier molecular flexibility index (Phi) is 4.28. The summed E-state index contributed by atoms with van der Waals surface area (Å²) in [6.45, 7) is 2.78. The van der Waals surface area contributed by atoms with Gasteiger partial charge in [0.1, 0.15) is 4.90 Å². The minimum atomic E-state index is -3.58. The predicted octanol–water partition coefficient (Wildman–Crippen LogP) is 2.72. The second-order valence-corrected chi connectivity index (χ2v) is 6.85. The zero-order valence-corrected chi connectivity index (χ0v) is 12.3. The number of benzene rings is 1. The fraction of sp³-hybridized carbons (Fsp3) is 0.462. The lowest BCUT2D eigenvalue weighted by molar-refractivity contribution is 0.0988. The van der Waals surface area contributed by atoms with Crippen LogP contribution in [0, 0.1) is 0 Å². The van der Waals surface area contributed by atoms with Crippen LogP contribution in [0.5, 0.6) is 0 Å². The molecule has 1 aliphatic heterocycles. The number of Topliss-reactive ketones (excluding diaryl/α,β-unsaturated/α-hetero) is 1. The Hall–Kier alpha value is -0.910. The fourth-order valence-electron chi connectivity index (χ4n) is 2.15. The van der Waals surface area contributed by atoms with E-state index in [1.807, 2.05) is 0 Å². The molecular weight excluding hydrogens is 286 g/mol. The third-order valence-electron chi connectivity index (χ3n) is 3.26. The first-order valence-corrected chi connectivity index (χ1v) is 8.11. The third kappa shape index (κ3) is 2.83. The van der Waals surface area contributed by atoms with E-state index in [2.05, 4.69) is 0 Å². The highest BCUT2D eigenvalue weighted by molar-refractivity contribution is 7.89. The molecule has 6 heteroatoms. The van der Waals surface area contributed by atoms with E-state index < -0.39 is 10.0 Å². The number of carbonyl (C=O) groups is 1. The number of sulfonamides is 1. The van der Waals surface area contributed by atoms with E-state index in [9.17, 15) is 13.2 Å². The molecule has 0 aliphatic carbocycles. The van der Waals surface area contributed by atoms with E-state index >= 15 is 0 Å². The zero-order valence-electron chi connectivity index (χ0n) is 10.7. The molecule has 0 unspecified atom stereocenters. The normalized spacial score (nSPS) is 16.7. The van der Waals surface area contributed by atoms with E-state index in [0.717, 1.165) is 12.8 Å². The molecule has 0 bridgehead atoms. The molecule has 0 N–H and O–H groups in total. The molecule has 4 nitrogen and oxygen atoms in total. The van der Waals surface area contributed by atoms with Crippen molar-refractivity contribution in [1.82, 2.24) is 4.31 Å². The number of carbonyl (C=O) groups excluding carboxylic acids is 1.